The summed E-state index contributed by atoms with van der Waals surface area (Å²) in [4.78, 5) is 0. The summed E-state index contributed by atoms with van der Waals surface area (Å²) < 4.78 is 15.1. The third-order valence-electron chi connectivity index (χ3n) is 1.15. The molecule has 54 valence electrons. The maximum Gasteiger partial charge on any atom is 0.0552 e. The van der Waals surface area contributed by atoms with Crippen molar-refractivity contribution >= 4 is 0 Å². The second-order valence-electron chi connectivity index (χ2n) is 2.19. The molecule has 0 aromatic heterocycles. The molecular formula is C9H12O. The van der Waals surface area contributed by atoms with Gasteiger partial charge in [-0.05, 0) is 18.9 Å². The Morgan fingerprint density at radius 3 is 2.60 bits per heavy atom. The molecule has 0 amide bonds. The number of benzene rings is 1. The van der Waals surface area contributed by atoms with E-state index in [9.17, 15) is 0 Å². The van der Waals surface area contributed by atoms with Crippen molar-refractivity contribution in [2.75, 3.05) is 0 Å². The van der Waals surface area contributed by atoms with Crippen LogP contribution in [0, 0.1) is 0 Å². The van der Waals surface area contributed by atoms with Gasteiger partial charge in [0.05, 0.1) is 6.10 Å². The Labute approximate surface area is 64.1 Å². The maximum atomic E-state index is 9.16. The smallest absolute Gasteiger partial charge is 0.0552 e. The molecule has 0 aliphatic rings. The third-order valence-corrected chi connectivity index (χ3v) is 1.15. The summed E-state index contributed by atoms with van der Waals surface area (Å²) in [6.45, 7) is 1.45. The van der Waals surface area contributed by atoms with Gasteiger partial charge in [0.25, 0.3) is 0 Å². The van der Waals surface area contributed by atoms with E-state index in [-0.39, 0.29) is 0 Å². The summed E-state index contributed by atoms with van der Waals surface area (Å²) in [6, 6.07) is 8.69. The van der Waals surface area contributed by atoms with Gasteiger partial charge >= 0.3 is 0 Å². The molecule has 0 saturated heterocycles. The molecule has 0 unspecified atom stereocenters. The van der Waals surface area contributed by atoms with Crippen LogP contribution in [0.4, 0.5) is 0 Å². The molecule has 1 nitrogen and oxygen atoms in total. The highest BCUT2D eigenvalue weighted by Gasteiger charge is 1.95. The second-order valence-corrected chi connectivity index (χ2v) is 2.19. The molecule has 0 aliphatic carbocycles. The van der Waals surface area contributed by atoms with E-state index < -0.39 is 12.5 Å². The average molecular weight is 138 g/mol. The summed E-state index contributed by atoms with van der Waals surface area (Å²) >= 11 is 0. The predicted octanol–water partition coefficient (Wildman–Crippen LogP) is 1.61. The molecule has 0 bridgehead atoms. The first-order chi connectivity index (χ1) is 5.55. The molecule has 0 spiro atoms. The van der Waals surface area contributed by atoms with Gasteiger partial charge in [-0.2, -0.15) is 0 Å². The molecule has 0 aliphatic heterocycles. The summed E-state index contributed by atoms with van der Waals surface area (Å²) in [7, 11) is 0. The van der Waals surface area contributed by atoms with Crippen molar-refractivity contribution in [3.05, 3.63) is 35.9 Å². The van der Waals surface area contributed by atoms with E-state index in [4.69, 9.17) is 7.85 Å². The van der Waals surface area contributed by atoms with E-state index in [1.54, 1.807) is 24.3 Å². The summed E-state index contributed by atoms with van der Waals surface area (Å²) in [5, 5.41) is 9.16. The highest BCUT2D eigenvalue weighted by molar-refractivity contribution is 5.15. The first-order valence-electron chi connectivity index (χ1n) is 4.28. The van der Waals surface area contributed by atoms with Crippen LogP contribution in [0.2, 0.25) is 0 Å². The van der Waals surface area contributed by atoms with Crippen molar-refractivity contribution in [3.63, 3.8) is 0 Å². The van der Waals surface area contributed by atoms with Crippen molar-refractivity contribution in [1.82, 2.24) is 0 Å². The van der Waals surface area contributed by atoms with E-state index in [0.717, 1.165) is 0 Å². The lowest BCUT2D eigenvalue weighted by Gasteiger charge is -2.01. The zero-order valence-electron chi connectivity index (χ0n) is 7.91. The first kappa shape index (κ1) is 4.91. The molecule has 0 saturated carbocycles. The summed E-state index contributed by atoms with van der Waals surface area (Å²) in [5.74, 6) is 0. The van der Waals surface area contributed by atoms with Crippen LogP contribution in [0.3, 0.4) is 0 Å². The molecule has 1 rings (SSSR count). The molecule has 0 heterocycles. The largest absolute Gasteiger partial charge is 0.393 e. The summed E-state index contributed by atoms with van der Waals surface area (Å²) in [5.41, 5.74) is 0.514. The van der Waals surface area contributed by atoms with Crippen LogP contribution in [0.15, 0.2) is 30.3 Å². The zero-order valence-corrected chi connectivity index (χ0v) is 5.91. The number of rotatable bonds is 2. The predicted molar refractivity (Wildman–Crippen MR) is 41.8 cm³/mol. The lowest BCUT2D eigenvalue weighted by atomic mass is 10.1. The van der Waals surface area contributed by atoms with Gasteiger partial charge in [-0.25, -0.2) is 0 Å². The van der Waals surface area contributed by atoms with Gasteiger partial charge in [0.15, 0.2) is 0 Å². The monoisotopic (exact) mass is 138 g/mol. The normalized spacial score (nSPS) is 17.4. The van der Waals surface area contributed by atoms with Crippen LogP contribution < -0.4 is 0 Å². The van der Waals surface area contributed by atoms with E-state index in [1.807, 2.05) is 6.07 Å². The summed E-state index contributed by atoms with van der Waals surface area (Å²) in [6.07, 6.45) is -2.64. The Hall–Kier alpha value is -0.820. The minimum Gasteiger partial charge on any atom is -0.393 e. The van der Waals surface area contributed by atoms with Crippen LogP contribution in [0.5, 0.6) is 0 Å². The van der Waals surface area contributed by atoms with Crippen LogP contribution in [-0.4, -0.2) is 11.2 Å². The van der Waals surface area contributed by atoms with Crippen molar-refractivity contribution in [3.8, 4) is 0 Å². The van der Waals surface area contributed by atoms with Crippen molar-refractivity contribution < 1.29 is 7.85 Å². The van der Waals surface area contributed by atoms with Crippen LogP contribution >= 0.6 is 0 Å². The quantitative estimate of drug-likeness (QED) is 0.658. The number of aliphatic hydroxyl groups is 1. The Balaban J connectivity index is 2.98. The SMILES string of the molecule is [2H]C([2H])(c1ccccc1)[C@@H](C)O. The topological polar surface area (TPSA) is 20.2 Å². The van der Waals surface area contributed by atoms with Gasteiger partial charge in [0.1, 0.15) is 0 Å². The Morgan fingerprint density at radius 2 is 2.10 bits per heavy atom. The molecule has 1 heteroatoms. The number of hydrogen-bond donors (Lipinski definition) is 1. The van der Waals surface area contributed by atoms with Crippen LogP contribution in [0.1, 0.15) is 15.2 Å². The fourth-order valence-electron chi connectivity index (χ4n) is 0.776. The standard InChI is InChI=1S/C9H12O/c1-8(10)7-9-5-3-2-4-6-9/h2-6,8,10H,7H2,1H3/t8-/m1/s1/i7D2. The maximum absolute atomic E-state index is 9.16. The Kier molecular flexibility index (Phi) is 1.66. The highest BCUT2D eigenvalue weighted by atomic mass is 16.3. The van der Waals surface area contributed by atoms with Gasteiger partial charge in [-0.3, -0.25) is 0 Å². The van der Waals surface area contributed by atoms with Gasteiger partial charge in [-0.1, -0.05) is 30.3 Å². The van der Waals surface area contributed by atoms with Gasteiger partial charge in [0.2, 0.25) is 0 Å². The Bertz CT molecular complexity index is 244. The minimum atomic E-state index is -1.65. The molecule has 0 radical (unpaired) electrons. The fourth-order valence-corrected chi connectivity index (χ4v) is 0.776. The molecule has 0 fully saturated rings. The first-order valence-corrected chi connectivity index (χ1v) is 3.28. The van der Waals surface area contributed by atoms with E-state index in [1.165, 1.54) is 6.92 Å². The van der Waals surface area contributed by atoms with Gasteiger partial charge < -0.3 is 5.11 Å². The van der Waals surface area contributed by atoms with Gasteiger partial charge in [0, 0.05) is 2.74 Å². The zero-order chi connectivity index (χ0) is 9.19. The van der Waals surface area contributed by atoms with Crippen LogP contribution in [0.25, 0.3) is 0 Å². The van der Waals surface area contributed by atoms with E-state index in [0.29, 0.717) is 5.56 Å². The lowest BCUT2D eigenvalue weighted by molar-refractivity contribution is 0.195. The minimum absolute atomic E-state index is 0.514. The number of aliphatic hydroxyl groups excluding tert-OH is 1. The highest BCUT2D eigenvalue weighted by Crippen LogP contribution is 2.01. The lowest BCUT2D eigenvalue weighted by Crippen LogP contribution is -2.03. The molecule has 1 aromatic rings. The average Bonchev–Trinajstić information content (AvgIpc) is 2.06. The second kappa shape index (κ2) is 3.37. The van der Waals surface area contributed by atoms with E-state index in [2.05, 4.69) is 0 Å². The fraction of sp³-hybridized carbons (Fsp3) is 0.333. The third kappa shape index (κ3) is 2.19. The van der Waals surface area contributed by atoms with E-state index >= 15 is 0 Å². The van der Waals surface area contributed by atoms with Gasteiger partial charge in [-0.15, -0.1) is 0 Å². The molecular weight excluding hydrogens is 124 g/mol. The molecule has 1 aromatic carbocycles. The Morgan fingerprint density at radius 1 is 1.50 bits per heavy atom. The van der Waals surface area contributed by atoms with Crippen LogP contribution in [-0.2, 0) is 6.37 Å². The molecule has 1 atom stereocenters. The van der Waals surface area contributed by atoms with Crippen molar-refractivity contribution in [2.45, 2.75) is 19.4 Å². The number of hydrogen-bond acceptors (Lipinski definition) is 1. The molecule has 1 N–H and O–H groups in total. The molecule has 10 heavy (non-hydrogen) atoms. The van der Waals surface area contributed by atoms with Crippen molar-refractivity contribution in [1.29, 1.82) is 0 Å². The van der Waals surface area contributed by atoms with Crippen molar-refractivity contribution in [2.24, 2.45) is 0 Å².